The van der Waals surface area contributed by atoms with Gasteiger partial charge in [0.1, 0.15) is 11.5 Å². The topological polar surface area (TPSA) is 90.2 Å². The highest BCUT2D eigenvalue weighted by atomic mass is 35.5. The van der Waals surface area contributed by atoms with Crippen LogP contribution in [0.25, 0.3) is 0 Å². The van der Waals surface area contributed by atoms with Crippen molar-refractivity contribution >= 4 is 11.6 Å². The molecule has 7 nitrogen and oxygen atoms in total. The summed E-state index contributed by atoms with van der Waals surface area (Å²) in [5, 5.41) is 0.505. The lowest BCUT2D eigenvalue weighted by molar-refractivity contribution is 0.565. The van der Waals surface area contributed by atoms with E-state index < -0.39 is 0 Å². The Labute approximate surface area is 320 Å². The number of rotatable bonds is 0. The van der Waals surface area contributed by atoms with Gasteiger partial charge in [-0.25, -0.2) is 9.97 Å². The van der Waals surface area contributed by atoms with E-state index in [0.29, 0.717) is 5.15 Å². The zero-order valence-corrected chi connectivity index (χ0v) is 35.5. The highest BCUT2D eigenvalue weighted by Crippen LogP contribution is 2.22. The molecule has 0 fully saturated rings. The predicted molar refractivity (Wildman–Crippen MR) is 220 cm³/mol. The van der Waals surface area contributed by atoms with Crippen molar-refractivity contribution in [3.63, 3.8) is 0 Å². The molecule has 0 radical (unpaired) electrons. The summed E-state index contributed by atoms with van der Waals surface area (Å²) < 4.78 is 0. The first-order valence-electron chi connectivity index (χ1n) is 17.8. The molecule has 0 atom stereocenters. The van der Waals surface area contributed by atoms with Crippen LogP contribution in [0, 0.1) is 6.92 Å². The Hall–Kier alpha value is -4.10. The summed E-state index contributed by atoms with van der Waals surface area (Å²) in [5.41, 5.74) is 7.64. The van der Waals surface area contributed by atoms with Crippen LogP contribution >= 0.6 is 11.6 Å². The summed E-state index contributed by atoms with van der Waals surface area (Å²) in [6.45, 7) is 34.3. The quantitative estimate of drug-likeness (QED) is 0.147. The number of aromatic nitrogens is 7. The van der Waals surface area contributed by atoms with Gasteiger partial charge >= 0.3 is 0 Å². The van der Waals surface area contributed by atoms with Crippen molar-refractivity contribution < 1.29 is 0 Å². The van der Waals surface area contributed by atoms with Gasteiger partial charge in [-0.2, -0.15) is 0 Å². The van der Waals surface area contributed by atoms with Crippen LogP contribution in [-0.4, -0.2) is 34.9 Å². The van der Waals surface area contributed by atoms with E-state index in [1.54, 1.807) is 24.7 Å². The Morgan fingerprint density at radius 2 is 0.962 bits per heavy atom. The molecule has 0 aliphatic carbocycles. The number of hydrogen-bond acceptors (Lipinski definition) is 7. The second-order valence-electron chi connectivity index (χ2n) is 17.7. The summed E-state index contributed by atoms with van der Waals surface area (Å²) >= 11 is 5.70. The third-order valence-corrected chi connectivity index (χ3v) is 7.60. The van der Waals surface area contributed by atoms with Gasteiger partial charge in [0.15, 0.2) is 0 Å². The van der Waals surface area contributed by atoms with Crippen molar-refractivity contribution in [3.8, 4) is 0 Å². The van der Waals surface area contributed by atoms with Crippen molar-refractivity contribution in [3.05, 3.63) is 137 Å². The van der Waals surface area contributed by atoms with E-state index in [1.165, 1.54) is 17.5 Å². The molecule has 0 aromatic carbocycles. The van der Waals surface area contributed by atoms with Crippen molar-refractivity contribution in [2.45, 2.75) is 138 Å². The van der Waals surface area contributed by atoms with Gasteiger partial charge < -0.3 is 0 Å². The minimum atomic E-state index is 0.0482. The van der Waals surface area contributed by atoms with Crippen LogP contribution in [0.5, 0.6) is 0 Å². The van der Waals surface area contributed by atoms with E-state index in [-0.39, 0.29) is 27.1 Å². The maximum Gasteiger partial charge on any atom is 0.132 e. The van der Waals surface area contributed by atoms with Gasteiger partial charge in [0.05, 0.1) is 11.4 Å². The fourth-order valence-electron chi connectivity index (χ4n) is 4.00. The van der Waals surface area contributed by atoms with Gasteiger partial charge in [-0.05, 0) is 59.9 Å². The van der Waals surface area contributed by atoms with Crippen LogP contribution < -0.4 is 0 Å². The lowest BCUT2D eigenvalue weighted by Gasteiger charge is -2.17. The van der Waals surface area contributed by atoms with E-state index in [1.807, 2.05) is 36.9 Å². The first-order valence-corrected chi connectivity index (χ1v) is 18.2. The number of hydrogen-bond donors (Lipinski definition) is 0. The third kappa shape index (κ3) is 18.9. The summed E-state index contributed by atoms with van der Waals surface area (Å²) in [6.07, 6.45) is 14.1. The van der Waals surface area contributed by atoms with Crippen LogP contribution in [0.3, 0.4) is 0 Å². The average molecular weight is 726 g/mol. The molecule has 5 heterocycles. The molecule has 52 heavy (non-hydrogen) atoms. The fraction of sp³-hybridized carbons (Fsp3) is 0.477. The van der Waals surface area contributed by atoms with Crippen LogP contribution in [0.15, 0.2) is 98.2 Å². The molecule has 0 saturated carbocycles. The second-order valence-corrected chi connectivity index (χ2v) is 18.1. The Kier molecular flexibility index (Phi) is 17.9. The van der Waals surface area contributed by atoms with Crippen LogP contribution in [0.1, 0.15) is 138 Å². The van der Waals surface area contributed by atoms with E-state index in [0.717, 1.165) is 22.8 Å². The van der Waals surface area contributed by atoms with Gasteiger partial charge in [0.2, 0.25) is 0 Å². The normalized spacial score (nSPS) is 11.6. The highest BCUT2D eigenvalue weighted by molar-refractivity contribution is 6.29. The lowest BCUT2D eigenvalue weighted by Crippen LogP contribution is -2.13. The predicted octanol–water partition coefficient (Wildman–Crippen LogP) is 11.6. The van der Waals surface area contributed by atoms with Crippen molar-refractivity contribution in [2.24, 2.45) is 0 Å². The third-order valence-electron chi connectivity index (χ3n) is 7.39. The fourth-order valence-corrected chi connectivity index (χ4v) is 4.15. The second kappa shape index (κ2) is 20.2. The number of nitrogens with zero attached hydrogens (tertiary/aromatic N) is 7. The van der Waals surface area contributed by atoms with Gasteiger partial charge in [0.25, 0.3) is 0 Å². The van der Waals surface area contributed by atoms with Gasteiger partial charge in [0, 0.05) is 76.4 Å². The molecule has 0 saturated heterocycles. The van der Waals surface area contributed by atoms with E-state index in [4.69, 9.17) is 11.6 Å². The number of halogens is 1. The van der Waals surface area contributed by atoms with Crippen LogP contribution in [-0.2, 0) is 27.1 Å². The molecule has 0 aliphatic rings. The van der Waals surface area contributed by atoms with Crippen LogP contribution in [0.2, 0.25) is 5.15 Å². The molecule has 0 bridgehead atoms. The summed E-state index contributed by atoms with van der Waals surface area (Å²) in [7, 11) is 0. The molecule has 0 unspecified atom stereocenters. The zero-order chi connectivity index (χ0) is 39.8. The summed E-state index contributed by atoms with van der Waals surface area (Å²) in [5.74, 6) is 0. The highest BCUT2D eigenvalue weighted by Gasteiger charge is 2.16. The van der Waals surface area contributed by atoms with E-state index in [2.05, 4.69) is 176 Å². The molecule has 0 amide bonds. The maximum absolute atomic E-state index is 5.70. The zero-order valence-electron chi connectivity index (χ0n) is 34.7. The average Bonchev–Trinajstić information content (AvgIpc) is 3.06. The molecular weight excluding hydrogens is 662 g/mol. The number of aryl methyl sites for hydroxylation is 1. The van der Waals surface area contributed by atoms with Crippen LogP contribution in [0.4, 0.5) is 0 Å². The molecule has 282 valence electrons. The van der Waals surface area contributed by atoms with Gasteiger partial charge in [-0.3, -0.25) is 24.9 Å². The molecule has 8 heteroatoms. The van der Waals surface area contributed by atoms with E-state index in [9.17, 15) is 0 Å². The first kappa shape index (κ1) is 45.9. The Morgan fingerprint density at radius 3 is 1.29 bits per heavy atom. The summed E-state index contributed by atoms with van der Waals surface area (Å²) in [4.78, 5) is 28.7. The SMILES string of the molecule is CC(C)(C)c1cc(Cl)ncn1.CC(C)(C)c1ccccn1.CC(C)(C)c1ccncc1.CC(C)(C)c1cnccn1.Cc1ccc(C(C)(C)C)nc1. The molecule has 5 aromatic heterocycles. The molecule has 0 spiro atoms. The molecule has 5 rings (SSSR count). The molecule has 0 aliphatic heterocycles. The largest absolute Gasteiger partial charge is 0.265 e. The molecule has 5 aromatic rings. The monoisotopic (exact) mass is 725 g/mol. The minimum absolute atomic E-state index is 0.0482. The molecular formula is C44H64ClN7. The Balaban J connectivity index is 0.000000325. The lowest BCUT2D eigenvalue weighted by atomic mass is 9.88. The van der Waals surface area contributed by atoms with Crippen molar-refractivity contribution in [1.82, 2.24) is 34.9 Å². The Morgan fingerprint density at radius 1 is 0.423 bits per heavy atom. The summed E-state index contributed by atoms with van der Waals surface area (Å²) in [6, 6.07) is 16.1. The smallest absolute Gasteiger partial charge is 0.132 e. The first-order chi connectivity index (χ1) is 23.8. The maximum atomic E-state index is 5.70. The van der Waals surface area contributed by atoms with Crippen molar-refractivity contribution in [1.29, 1.82) is 0 Å². The van der Waals surface area contributed by atoms with E-state index >= 15 is 0 Å². The molecule has 0 N–H and O–H groups in total. The number of pyridine rings is 3. The minimum Gasteiger partial charge on any atom is -0.265 e. The van der Waals surface area contributed by atoms with Gasteiger partial charge in [-0.1, -0.05) is 128 Å². The van der Waals surface area contributed by atoms with Crippen molar-refractivity contribution in [2.75, 3.05) is 0 Å². The Bertz CT molecular complexity index is 1560. The van der Waals surface area contributed by atoms with Gasteiger partial charge in [-0.15, -0.1) is 0 Å². The standard InChI is InChI=1S/C10H15N.2C9H13N.C8H11ClN2.C8H12N2/c1-8-5-6-9(11-7-8)10(2,3)4;1-9(2,3)8-4-6-10-7-5-8;1-9(2,3)8-6-4-5-7-10-8;1-8(2,3)6-4-7(9)11-5-10-6;1-8(2,3)7-6-9-4-5-10-7/h5-7H,1-4H3;2*4-7H,1-3H3;4-5H,1-3H3;4-6H,1-3H3.